The van der Waals surface area contributed by atoms with Crippen LogP contribution in [-0.2, 0) is 19.7 Å². The van der Waals surface area contributed by atoms with E-state index in [4.69, 9.17) is 15.2 Å². The summed E-state index contributed by atoms with van der Waals surface area (Å²) in [6.45, 7) is 2.37. The quantitative estimate of drug-likeness (QED) is 0.753. The highest BCUT2D eigenvalue weighted by Crippen LogP contribution is 2.35. The Morgan fingerprint density at radius 2 is 2.22 bits per heavy atom. The van der Waals surface area contributed by atoms with Crippen LogP contribution < -0.4 is 11.1 Å². The normalized spacial score (nSPS) is 18.4. The van der Waals surface area contributed by atoms with Crippen LogP contribution >= 0.6 is 15.9 Å². The van der Waals surface area contributed by atoms with Gasteiger partial charge in [0, 0.05) is 43.3 Å². The van der Waals surface area contributed by atoms with Gasteiger partial charge in [-0.15, -0.1) is 0 Å². The van der Waals surface area contributed by atoms with Crippen molar-refractivity contribution in [2.45, 2.75) is 30.8 Å². The van der Waals surface area contributed by atoms with Crippen LogP contribution in [0.4, 0.5) is 0 Å². The molecular weight excluding hydrogens is 360 g/mol. The highest BCUT2D eigenvalue weighted by Gasteiger charge is 2.35. The summed E-state index contributed by atoms with van der Waals surface area (Å²) in [5.41, 5.74) is 6.73. The molecular formula is C17H25BrN2O3. The molecule has 0 spiro atoms. The van der Waals surface area contributed by atoms with Crippen LogP contribution in [0, 0.1) is 0 Å². The van der Waals surface area contributed by atoms with Gasteiger partial charge in [0.1, 0.15) is 0 Å². The molecule has 128 valence electrons. The number of ether oxygens (including phenoxy) is 2. The Kier molecular flexibility index (Phi) is 7.02. The highest BCUT2D eigenvalue weighted by atomic mass is 79.9. The van der Waals surface area contributed by atoms with Crippen LogP contribution in [0.1, 0.15) is 24.8 Å². The number of carbonyl (C=O) groups excluding carboxylic acids is 1. The zero-order valence-corrected chi connectivity index (χ0v) is 15.1. The van der Waals surface area contributed by atoms with Gasteiger partial charge in [-0.2, -0.15) is 0 Å². The zero-order chi connectivity index (χ0) is 16.7. The first-order valence-electron chi connectivity index (χ1n) is 7.93. The Labute approximate surface area is 146 Å². The molecule has 1 saturated heterocycles. The molecule has 0 radical (unpaired) electrons. The SMILES string of the molecule is COC(CN)CC(=O)NCC1(c2cccc(Br)c2)CCOCC1. The van der Waals surface area contributed by atoms with E-state index in [0.717, 1.165) is 17.3 Å². The lowest BCUT2D eigenvalue weighted by atomic mass is 9.74. The number of hydrogen-bond acceptors (Lipinski definition) is 4. The maximum atomic E-state index is 12.2. The number of hydrogen-bond donors (Lipinski definition) is 2. The first-order valence-corrected chi connectivity index (χ1v) is 8.72. The minimum Gasteiger partial charge on any atom is -0.381 e. The Balaban J connectivity index is 2.06. The largest absolute Gasteiger partial charge is 0.381 e. The molecule has 1 aliphatic rings. The van der Waals surface area contributed by atoms with Crippen molar-refractivity contribution >= 4 is 21.8 Å². The number of halogens is 1. The second-order valence-corrected chi connectivity index (χ2v) is 6.89. The van der Waals surface area contributed by atoms with E-state index in [9.17, 15) is 4.79 Å². The second kappa shape index (κ2) is 8.78. The van der Waals surface area contributed by atoms with Gasteiger partial charge in [-0.1, -0.05) is 28.1 Å². The third-order valence-corrected chi connectivity index (χ3v) is 5.01. The van der Waals surface area contributed by atoms with Crippen LogP contribution in [0.5, 0.6) is 0 Å². The molecule has 0 bridgehead atoms. The minimum atomic E-state index is -0.230. The number of nitrogens with two attached hydrogens (primary N) is 1. The number of nitrogens with one attached hydrogen (secondary N) is 1. The van der Waals surface area contributed by atoms with Crippen LogP contribution in [0.25, 0.3) is 0 Å². The summed E-state index contributed by atoms with van der Waals surface area (Å²) in [7, 11) is 1.58. The van der Waals surface area contributed by atoms with Crippen LogP contribution in [0.15, 0.2) is 28.7 Å². The van der Waals surface area contributed by atoms with Gasteiger partial charge in [0.25, 0.3) is 0 Å². The lowest BCUT2D eigenvalue weighted by Crippen LogP contribution is -2.45. The summed E-state index contributed by atoms with van der Waals surface area (Å²) >= 11 is 3.54. The van der Waals surface area contributed by atoms with E-state index in [1.165, 1.54) is 5.56 Å². The molecule has 1 fully saturated rings. The monoisotopic (exact) mass is 384 g/mol. The average molecular weight is 385 g/mol. The summed E-state index contributed by atoms with van der Waals surface area (Å²) in [6, 6.07) is 8.31. The Hall–Kier alpha value is -0.950. The summed E-state index contributed by atoms with van der Waals surface area (Å²) in [5.74, 6) is -0.0248. The van der Waals surface area contributed by atoms with Gasteiger partial charge in [-0.25, -0.2) is 0 Å². The first-order chi connectivity index (χ1) is 11.1. The Morgan fingerprint density at radius 1 is 1.48 bits per heavy atom. The molecule has 1 amide bonds. The van der Waals surface area contributed by atoms with Gasteiger partial charge in [-0.05, 0) is 30.5 Å². The average Bonchev–Trinajstić information content (AvgIpc) is 2.58. The number of methoxy groups -OCH3 is 1. The Bertz CT molecular complexity index is 514. The number of carbonyl (C=O) groups is 1. The van der Waals surface area contributed by atoms with Crippen molar-refractivity contribution in [3.05, 3.63) is 34.3 Å². The molecule has 0 aromatic heterocycles. The van der Waals surface area contributed by atoms with Gasteiger partial charge in [0.2, 0.25) is 5.91 Å². The van der Waals surface area contributed by atoms with E-state index < -0.39 is 0 Å². The molecule has 1 heterocycles. The van der Waals surface area contributed by atoms with Crippen molar-refractivity contribution in [2.75, 3.05) is 33.4 Å². The number of rotatable bonds is 7. The fourth-order valence-electron chi connectivity index (χ4n) is 2.96. The molecule has 1 unspecified atom stereocenters. The molecule has 6 heteroatoms. The van der Waals surface area contributed by atoms with Crippen LogP contribution in [-0.4, -0.2) is 45.4 Å². The van der Waals surface area contributed by atoms with E-state index in [1.54, 1.807) is 7.11 Å². The van der Waals surface area contributed by atoms with E-state index in [0.29, 0.717) is 26.3 Å². The Morgan fingerprint density at radius 3 is 2.83 bits per heavy atom. The minimum absolute atomic E-state index is 0.0248. The number of amides is 1. The molecule has 23 heavy (non-hydrogen) atoms. The third kappa shape index (κ3) is 5.01. The summed E-state index contributed by atoms with van der Waals surface area (Å²) in [4.78, 5) is 12.2. The second-order valence-electron chi connectivity index (χ2n) is 5.98. The maximum Gasteiger partial charge on any atom is 0.222 e. The zero-order valence-electron chi connectivity index (χ0n) is 13.5. The topological polar surface area (TPSA) is 73.6 Å². The third-order valence-electron chi connectivity index (χ3n) is 4.52. The van der Waals surface area contributed by atoms with Crippen LogP contribution in [0.2, 0.25) is 0 Å². The lowest BCUT2D eigenvalue weighted by Gasteiger charge is -2.38. The van der Waals surface area contributed by atoms with E-state index >= 15 is 0 Å². The van der Waals surface area contributed by atoms with Gasteiger partial charge in [-0.3, -0.25) is 4.79 Å². The molecule has 2 rings (SSSR count). The standard InChI is InChI=1S/C17H25BrN2O3/c1-22-15(11-19)10-16(21)20-12-17(5-7-23-8-6-17)13-3-2-4-14(18)9-13/h2-4,9,15H,5-8,10-12,19H2,1H3,(H,20,21). The molecule has 0 aliphatic carbocycles. The van der Waals surface area contributed by atoms with Crippen molar-refractivity contribution in [3.8, 4) is 0 Å². The summed E-state index contributed by atoms with van der Waals surface area (Å²) < 4.78 is 11.7. The summed E-state index contributed by atoms with van der Waals surface area (Å²) in [5, 5.41) is 3.06. The molecule has 5 nitrogen and oxygen atoms in total. The molecule has 1 aromatic rings. The summed E-state index contributed by atoms with van der Waals surface area (Å²) in [6.07, 6.45) is 1.85. The van der Waals surface area contributed by atoms with Gasteiger partial charge in [0.15, 0.2) is 0 Å². The van der Waals surface area contributed by atoms with Crippen molar-refractivity contribution in [1.82, 2.24) is 5.32 Å². The molecule has 1 aliphatic heterocycles. The van der Waals surface area contributed by atoms with Gasteiger partial charge >= 0.3 is 0 Å². The first kappa shape index (κ1) is 18.4. The predicted octanol–water partition coefficient (Wildman–Crippen LogP) is 1.98. The number of benzene rings is 1. The maximum absolute atomic E-state index is 12.2. The van der Waals surface area contributed by atoms with Crippen molar-refractivity contribution < 1.29 is 14.3 Å². The lowest BCUT2D eigenvalue weighted by molar-refractivity contribution is -0.123. The molecule has 1 atom stereocenters. The van der Waals surface area contributed by atoms with Gasteiger partial charge in [0.05, 0.1) is 12.5 Å². The van der Waals surface area contributed by atoms with Crippen molar-refractivity contribution in [3.63, 3.8) is 0 Å². The van der Waals surface area contributed by atoms with E-state index in [2.05, 4.69) is 33.4 Å². The molecule has 0 saturated carbocycles. The highest BCUT2D eigenvalue weighted by molar-refractivity contribution is 9.10. The predicted molar refractivity (Wildman–Crippen MR) is 93.4 cm³/mol. The van der Waals surface area contributed by atoms with E-state index in [-0.39, 0.29) is 23.8 Å². The fourth-order valence-corrected chi connectivity index (χ4v) is 3.36. The van der Waals surface area contributed by atoms with Gasteiger partial charge < -0.3 is 20.5 Å². The van der Waals surface area contributed by atoms with Crippen molar-refractivity contribution in [1.29, 1.82) is 0 Å². The fraction of sp³-hybridized carbons (Fsp3) is 0.588. The molecule has 3 N–H and O–H groups in total. The smallest absolute Gasteiger partial charge is 0.222 e. The van der Waals surface area contributed by atoms with Crippen LogP contribution in [0.3, 0.4) is 0 Å². The van der Waals surface area contributed by atoms with E-state index in [1.807, 2.05) is 12.1 Å². The van der Waals surface area contributed by atoms with Crippen molar-refractivity contribution in [2.24, 2.45) is 5.73 Å². The molecule has 1 aromatic carbocycles.